The van der Waals surface area contributed by atoms with Crippen molar-refractivity contribution in [2.24, 2.45) is 23.7 Å². The average Bonchev–Trinajstić information content (AvgIpc) is 2.64. The molecule has 4 saturated carbocycles. The topological polar surface area (TPSA) is 55.9 Å². The number of aromatic nitrogens is 2. The zero-order valence-corrected chi connectivity index (χ0v) is 11.9. The van der Waals surface area contributed by atoms with Gasteiger partial charge in [-0.2, -0.15) is 5.10 Å². The number of rotatable bonds is 2. The maximum absolute atomic E-state index is 6.16. The van der Waals surface area contributed by atoms with Gasteiger partial charge in [0.15, 0.2) is 0 Å². The van der Waals surface area contributed by atoms with E-state index in [2.05, 4.69) is 10.00 Å². The Balaban J connectivity index is 1.75. The van der Waals surface area contributed by atoms with Crippen LogP contribution in [0.4, 0.5) is 11.5 Å². The Morgan fingerprint density at radius 2 is 1.68 bits per heavy atom. The first-order valence-corrected chi connectivity index (χ1v) is 7.69. The molecule has 4 aliphatic carbocycles. The smallest absolute Gasteiger partial charge is 0.148 e. The number of anilines is 2. The van der Waals surface area contributed by atoms with Crippen LogP contribution in [0, 0.1) is 30.6 Å². The van der Waals surface area contributed by atoms with E-state index in [4.69, 9.17) is 10.8 Å². The molecule has 19 heavy (non-hydrogen) atoms. The first kappa shape index (κ1) is 11.6. The molecular formula is C15H24N4. The molecule has 0 amide bonds. The Bertz CT molecular complexity index is 476. The molecule has 0 aliphatic heterocycles. The molecule has 3 N–H and O–H groups in total. The van der Waals surface area contributed by atoms with Crippen molar-refractivity contribution in [1.29, 1.82) is 0 Å². The predicted molar refractivity (Wildman–Crippen MR) is 77.0 cm³/mol. The molecular weight excluding hydrogens is 236 g/mol. The van der Waals surface area contributed by atoms with Crippen LogP contribution >= 0.6 is 0 Å². The number of nitrogens with one attached hydrogen (secondary N) is 1. The number of aryl methyl sites for hydroxylation is 1. The first-order valence-electron chi connectivity index (χ1n) is 7.69. The molecule has 104 valence electrons. The lowest BCUT2D eigenvalue weighted by atomic mass is 9.54. The van der Waals surface area contributed by atoms with Crippen LogP contribution in [0.25, 0.3) is 0 Å². The molecule has 0 radical (unpaired) electrons. The van der Waals surface area contributed by atoms with Gasteiger partial charge in [-0.25, -0.2) is 4.68 Å². The summed E-state index contributed by atoms with van der Waals surface area (Å²) in [6, 6.07) is 0.589. The van der Waals surface area contributed by atoms with Crippen LogP contribution in [0.1, 0.15) is 43.8 Å². The summed E-state index contributed by atoms with van der Waals surface area (Å²) < 4.78 is 2.23. The van der Waals surface area contributed by atoms with Crippen molar-refractivity contribution in [3.8, 4) is 0 Å². The molecule has 4 fully saturated rings. The minimum atomic E-state index is 0.589. The van der Waals surface area contributed by atoms with Gasteiger partial charge in [-0.05, 0) is 62.7 Å². The third-order valence-electron chi connectivity index (χ3n) is 5.83. The Labute approximate surface area is 114 Å². The van der Waals surface area contributed by atoms with E-state index in [1.807, 2.05) is 14.0 Å². The van der Waals surface area contributed by atoms with Crippen molar-refractivity contribution in [2.75, 3.05) is 18.1 Å². The first-order chi connectivity index (χ1) is 9.17. The predicted octanol–water partition coefficient (Wildman–Crippen LogP) is 2.81. The van der Waals surface area contributed by atoms with Gasteiger partial charge in [-0.3, -0.25) is 0 Å². The Morgan fingerprint density at radius 1 is 1.11 bits per heavy atom. The molecule has 4 heteroatoms. The standard InChI is InChI=1S/C15H24N4/c1-8-13(16)15(17-2)19(18-8)14-11-4-9-3-10(6-11)7-12(14)5-9/h9-12,14,17H,3-7,16H2,1-2H3. The fourth-order valence-corrected chi connectivity index (χ4v) is 5.32. The van der Waals surface area contributed by atoms with Crippen molar-refractivity contribution in [2.45, 2.75) is 45.1 Å². The molecule has 0 aromatic carbocycles. The van der Waals surface area contributed by atoms with Crippen LogP contribution in [0.2, 0.25) is 0 Å². The van der Waals surface area contributed by atoms with Crippen molar-refractivity contribution < 1.29 is 0 Å². The second-order valence-electron chi connectivity index (χ2n) is 6.96. The van der Waals surface area contributed by atoms with Gasteiger partial charge >= 0.3 is 0 Å². The summed E-state index contributed by atoms with van der Waals surface area (Å²) in [6.07, 6.45) is 7.16. The number of hydrogen-bond acceptors (Lipinski definition) is 3. The molecule has 1 aromatic heterocycles. The summed E-state index contributed by atoms with van der Waals surface area (Å²) in [5.41, 5.74) is 7.96. The Kier molecular flexibility index (Phi) is 2.39. The number of nitrogens with two attached hydrogens (primary N) is 1. The summed E-state index contributed by atoms with van der Waals surface area (Å²) in [4.78, 5) is 0. The highest BCUT2D eigenvalue weighted by Gasteiger charge is 2.49. The summed E-state index contributed by atoms with van der Waals surface area (Å²) in [5.74, 6) is 4.72. The second-order valence-corrected chi connectivity index (χ2v) is 6.96. The quantitative estimate of drug-likeness (QED) is 0.859. The summed E-state index contributed by atoms with van der Waals surface area (Å²) in [6.45, 7) is 2.02. The molecule has 0 spiro atoms. The van der Waals surface area contributed by atoms with Crippen LogP contribution in [0.5, 0.6) is 0 Å². The number of nitrogens with zero attached hydrogens (tertiary/aromatic N) is 2. The van der Waals surface area contributed by atoms with Crippen LogP contribution < -0.4 is 11.1 Å². The van der Waals surface area contributed by atoms with Gasteiger partial charge in [0.25, 0.3) is 0 Å². The van der Waals surface area contributed by atoms with Gasteiger partial charge in [-0.15, -0.1) is 0 Å². The second kappa shape index (κ2) is 3.90. The molecule has 5 rings (SSSR count). The van der Waals surface area contributed by atoms with Gasteiger partial charge in [0.2, 0.25) is 0 Å². The number of nitrogen functional groups attached to an aromatic ring is 1. The van der Waals surface area contributed by atoms with Crippen molar-refractivity contribution in [3.05, 3.63) is 5.69 Å². The largest absolute Gasteiger partial charge is 0.394 e. The Morgan fingerprint density at radius 3 is 2.21 bits per heavy atom. The average molecular weight is 260 g/mol. The molecule has 1 heterocycles. The minimum absolute atomic E-state index is 0.589. The lowest BCUT2D eigenvalue weighted by molar-refractivity contribution is -0.0328. The van der Waals surface area contributed by atoms with Crippen LogP contribution in [-0.2, 0) is 0 Å². The number of hydrogen-bond donors (Lipinski definition) is 2. The van der Waals surface area contributed by atoms with Gasteiger partial charge in [0.05, 0.1) is 17.4 Å². The van der Waals surface area contributed by atoms with Crippen molar-refractivity contribution >= 4 is 11.5 Å². The molecule has 0 unspecified atom stereocenters. The third-order valence-corrected chi connectivity index (χ3v) is 5.83. The maximum Gasteiger partial charge on any atom is 0.148 e. The lowest BCUT2D eigenvalue weighted by Gasteiger charge is -2.54. The third kappa shape index (κ3) is 1.55. The highest BCUT2D eigenvalue weighted by Crippen LogP contribution is 2.58. The lowest BCUT2D eigenvalue weighted by Crippen LogP contribution is -2.46. The van der Waals surface area contributed by atoms with E-state index in [-0.39, 0.29) is 0 Å². The van der Waals surface area contributed by atoms with Gasteiger partial charge in [0.1, 0.15) is 5.82 Å². The summed E-state index contributed by atoms with van der Waals surface area (Å²) >= 11 is 0. The fraction of sp³-hybridized carbons (Fsp3) is 0.800. The SMILES string of the molecule is CNc1c(N)c(C)nn1C1C2CC3CC(C2)CC1C3. The molecule has 0 saturated heterocycles. The van der Waals surface area contributed by atoms with E-state index in [1.54, 1.807) is 0 Å². The van der Waals surface area contributed by atoms with Gasteiger partial charge in [0, 0.05) is 7.05 Å². The van der Waals surface area contributed by atoms with Gasteiger partial charge in [-0.1, -0.05) is 0 Å². The highest BCUT2D eigenvalue weighted by atomic mass is 15.4. The molecule has 1 aromatic rings. The van der Waals surface area contributed by atoms with E-state index in [1.165, 1.54) is 32.1 Å². The Hall–Kier alpha value is -1.19. The minimum Gasteiger partial charge on any atom is -0.394 e. The zero-order valence-electron chi connectivity index (χ0n) is 11.9. The van der Waals surface area contributed by atoms with Crippen LogP contribution in [-0.4, -0.2) is 16.8 Å². The van der Waals surface area contributed by atoms with E-state index >= 15 is 0 Å². The van der Waals surface area contributed by atoms with Crippen LogP contribution in [0.15, 0.2) is 0 Å². The monoisotopic (exact) mass is 260 g/mol. The molecule has 0 atom stereocenters. The fourth-order valence-electron chi connectivity index (χ4n) is 5.32. The van der Waals surface area contributed by atoms with Crippen LogP contribution in [0.3, 0.4) is 0 Å². The maximum atomic E-state index is 6.16. The van der Waals surface area contributed by atoms with E-state index in [0.717, 1.165) is 40.9 Å². The highest BCUT2D eigenvalue weighted by molar-refractivity contribution is 5.64. The molecule has 4 bridgehead atoms. The summed E-state index contributed by atoms with van der Waals surface area (Å²) in [7, 11) is 1.96. The zero-order chi connectivity index (χ0) is 13.1. The molecule has 4 aliphatic rings. The van der Waals surface area contributed by atoms with E-state index in [0.29, 0.717) is 6.04 Å². The summed E-state index contributed by atoms with van der Waals surface area (Å²) in [5, 5.41) is 8.03. The van der Waals surface area contributed by atoms with E-state index < -0.39 is 0 Å². The van der Waals surface area contributed by atoms with Crippen molar-refractivity contribution in [1.82, 2.24) is 9.78 Å². The van der Waals surface area contributed by atoms with E-state index in [9.17, 15) is 0 Å². The van der Waals surface area contributed by atoms with Gasteiger partial charge < -0.3 is 11.1 Å². The van der Waals surface area contributed by atoms with Crippen molar-refractivity contribution in [3.63, 3.8) is 0 Å². The molecule has 4 nitrogen and oxygen atoms in total. The normalized spacial score (nSPS) is 39.8.